The number of benzene rings is 2. The van der Waals surface area contributed by atoms with Gasteiger partial charge in [-0.1, -0.05) is 48.4 Å². The zero-order chi connectivity index (χ0) is 22.0. The molecule has 0 saturated heterocycles. The van der Waals surface area contributed by atoms with E-state index in [0.29, 0.717) is 5.39 Å². The molecule has 0 amide bonds. The van der Waals surface area contributed by atoms with E-state index >= 15 is 0 Å². The summed E-state index contributed by atoms with van der Waals surface area (Å²) in [6.07, 6.45) is 12.6. The monoisotopic (exact) mass is 430 g/mol. The Morgan fingerprint density at radius 2 is 1.78 bits per heavy atom. The van der Waals surface area contributed by atoms with Crippen molar-refractivity contribution in [3.63, 3.8) is 0 Å². The molecule has 168 valence electrons. The fraction of sp³-hybridized carbons (Fsp3) is 0.407. The van der Waals surface area contributed by atoms with Gasteiger partial charge < -0.3 is 10.6 Å². The molecule has 3 aromatic rings. The van der Waals surface area contributed by atoms with Crippen molar-refractivity contribution < 1.29 is 0 Å². The van der Waals surface area contributed by atoms with Gasteiger partial charge in [0.15, 0.2) is 0 Å². The van der Waals surface area contributed by atoms with E-state index in [0.717, 1.165) is 48.4 Å². The minimum Gasteiger partial charge on any atom is -0.385 e. The first-order chi connectivity index (χ1) is 15.8. The van der Waals surface area contributed by atoms with E-state index in [2.05, 4.69) is 39.0 Å². The summed E-state index contributed by atoms with van der Waals surface area (Å²) in [6, 6.07) is 15.9. The van der Waals surface area contributed by atoms with E-state index in [1.807, 2.05) is 36.4 Å². The maximum atomic E-state index is 12.1. The smallest absolute Gasteiger partial charge is 0.272 e. The van der Waals surface area contributed by atoms with Gasteiger partial charge in [-0.2, -0.15) is 5.10 Å². The molecule has 2 aromatic carbocycles. The normalized spacial score (nSPS) is 13.8. The molecular formula is C27H34N4O. The number of nitrogens with zero attached hydrogens (tertiary/aromatic N) is 1. The number of rotatable bonds is 11. The fourth-order valence-electron chi connectivity index (χ4n) is 4.40. The Labute approximate surface area is 190 Å². The molecule has 3 N–H and O–H groups in total. The summed E-state index contributed by atoms with van der Waals surface area (Å²) in [5, 5.41) is 15.6. The van der Waals surface area contributed by atoms with E-state index in [1.165, 1.54) is 44.9 Å². The quantitative estimate of drug-likeness (QED) is 0.271. The topological polar surface area (TPSA) is 69.8 Å². The molecule has 0 bridgehead atoms. The SMILES string of the molecule is O=c1[nH]nc(-c2cccc(NCCCCCNCCC3=CCCCC3)c2)c2ccccc12. The molecule has 0 saturated carbocycles. The Morgan fingerprint density at radius 1 is 0.906 bits per heavy atom. The van der Waals surface area contributed by atoms with Gasteiger partial charge in [-0.05, 0) is 76.2 Å². The van der Waals surface area contributed by atoms with Crippen molar-refractivity contribution in [2.24, 2.45) is 0 Å². The lowest BCUT2D eigenvalue weighted by atomic mass is 9.97. The number of anilines is 1. The van der Waals surface area contributed by atoms with Crippen LogP contribution in [0.25, 0.3) is 22.0 Å². The molecule has 0 atom stereocenters. The van der Waals surface area contributed by atoms with E-state index in [1.54, 1.807) is 5.57 Å². The predicted molar refractivity (Wildman–Crippen MR) is 134 cm³/mol. The number of unbranched alkanes of at least 4 members (excludes halogenated alkanes) is 2. The molecule has 1 heterocycles. The van der Waals surface area contributed by atoms with Crippen molar-refractivity contribution in [3.8, 4) is 11.3 Å². The Hall–Kier alpha value is -2.92. The highest BCUT2D eigenvalue weighted by Crippen LogP contribution is 2.26. The van der Waals surface area contributed by atoms with Crippen LogP contribution >= 0.6 is 0 Å². The maximum Gasteiger partial charge on any atom is 0.272 e. The van der Waals surface area contributed by atoms with Crippen LogP contribution in [0.4, 0.5) is 5.69 Å². The second-order valence-corrected chi connectivity index (χ2v) is 8.62. The zero-order valence-electron chi connectivity index (χ0n) is 18.8. The highest BCUT2D eigenvalue weighted by molar-refractivity contribution is 5.94. The van der Waals surface area contributed by atoms with Gasteiger partial charge in [0, 0.05) is 23.2 Å². The van der Waals surface area contributed by atoms with Crippen LogP contribution in [0.1, 0.15) is 51.4 Å². The van der Waals surface area contributed by atoms with Gasteiger partial charge in [0.1, 0.15) is 0 Å². The van der Waals surface area contributed by atoms with Gasteiger partial charge in [0.25, 0.3) is 5.56 Å². The van der Waals surface area contributed by atoms with Crippen LogP contribution in [-0.2, 0) is 0 Å². The van der Waals surface area contributed by atoms with E-state index in [-0.39, 0.29) is 5.56 Å². The summed E-state index contributed by atoms with van der Waals surface area (Å²) in [5.74, 6) is 0. The molecule has 1 aliphatic carbocycles. The van der Waals surface area contributed by atoms with Crippen LogP contribution in [0.3, 0.4) is 0 Å². The highest BCUT2D eigenvalue weighted by atomic mass is 16.1. The van der Waals surface area contributed by atoms with E-state index < -0.39 is 0 Å². The lowest BCUT2D eigenvalue weighted by Crippen LogP contribution is -2.17. The average molecular weight is 431 g/mol. The Bertz CT molecular complexity index is 1100. The van der Waals surface area contributed by atoms with Crippen LogP contribution in [0.2, 0.25) is 0 Å². The summed E-state index contributed by atoms with van der Waals surface area (Å²) in [7, 11) is 0. The number of H-pyrrole nitrogens is 1. The molecule has 4 rings (SSSR count). The Balaban J connectivity index is 1.20. The minimum atomic E-state index is -0.154. The third-order valence-electron chi connectivity index (χ3n) is 6.20. The molecule has 0 spiro atoms. The number of hydrogen-bond donors (Lipinski definition) is 3. The predicted octanol–water partition coefficient (Wildman–Crippen LogP) is 5.65. The third kappa shape index (κ3) is 6.07. The van der Waals surface area contributed by atoms with Gasteiger partial charge >= 0.3 is 0 Å². The molecule has 5 nitrogen and oxygen atoms in total. The molecule has 0 aliphatic heterocycles. The van der Waals surface area contributed by atoms with Crippen LogP contribution in [0.15, 0.2) is 65.0 Å². The van der Waals surface area contributed by atoms with Crippen molar-refractivity contribution >= 4 is 16.5 Å². The molecule has 0 unspecified atom stereocenters. The zero-order valence-corrected chi connectivity index (χ0v) is 18.8. The standard InChI is InChI=1S/C27H34N4O/c32-27-25-15-6-5-14-24(25)26(30-31-27)22-12-9-13-23(20-22)29-18-8-2-7-17-28-19-16-21-10-3-1-4-11-21/h5-6,9-10,12-15,20,28-29H,1-4,7-8,11,16-19H2,(H,31,32). The molecular weight excluding hydrogens is 396 g/mol. The van der Waals surface area contributed by atoms with E-state index in [4.69, 9.17) is 0 Å². The Kier molecular flexibility index (Phi) is 8.10. The molecule has 0 radical (unpaired) electrons. The van der Waals surface area contributed by atoms with Crippen LogP contribution < -0.4 is 16.2 Å². The maximum absolute atomic E-state index is 12.1. The molecule has 5 heteroatoms. The number of aromatic amines is 1. The second-order valence-electron chi connectivity index (χ2n) is 8.62. The van der Waals surface area contributed by atoms with Crippen molar-refractivity contribution in [3.05, 3.63) is 70.5 Å². The summed E-state index contributed by atoms with van der Waals surface area (Å²) < 4.78 is 0. The fourth-order valence-corrected chi connectivity index (χ4v) is 4.40. The highest BCUT2D eigenvalue weighted by Gasteiger charge is 2.08. The van der Waals surface area contributed by atoms with Gasteiger partial charge in [-0.3, -0.25) is 4.79 Å². The van der Waals surface area contributed by atoms with Gasteiger partial charge in [-0.25, -0.2) is 5.10 Å². The minimum absolute atomic E-state index is 0.154. The average Bonchev–Trinajstić information content (AvgIpc) is 2.84. The molecule has 32 heavy (non-hydrogen) atoms. The number of hydrogen-bond acceptors (Lipinski definition) is 4. The summed E-state index contributed by atoms with van der Waals surface area (Å²) in [4.78, 5) is 12.1. The van der Waals surface area contributed by atoms with Gasteiger partial charge in [0.05, 0.1) is 11.1 Å². The first-order valence-electron chi connectivity index (χ1n) is 12.0. The lowest BCUT2D eigenvalue weighted by Gasteiger charge is -2.13. The second kappa shape index (κ2) is 11.6. The molecule has 0 fully saturated rings. The molecule has 1 aliphatic rings. The lowest BCUT2D eigenvalue weighted by molar-refractivity contribution is 0.595. The summed E-state index contributed by atoms with van der Waals surface area (Å²) >= 11 is 0. The van der Waals surface area contributed by atoms with Crippen molar-refractivity contribution in [1.29, 1.82) is 0 Å². The van der Waals surface area contributed by atoms with Crippen molar-refractivity contribution in [2.45, 2.75) is 51.4 Å². The van der Waals surface area contributed by atoms with Crippen LogP contribution in [0.5, 0.6) is 0 Å². The first kappa shape index (κ1) is 22.3. The van der Waals surface area contributed by atoms with E-state index in [9.17, 15) is 4.79 Å². The van der Waals surface area contributed by atoms with Crippen molar-refractivity contribution in [1.82, 2.24) is 15.5 Å². The summed E-state index contributed by atoms with van der Waals surface area (Å²) in [5.41, 5.74) is 4.39. The van der Waals surface area contributed by atoms with Gasteiger partial charge in [0.2, 0.25) is 0 Å². The summed E-state index contributed by atoms with van der Waals surface area (Å²) in [6.45, 7) is 3.17. The van der Waals surface area contributed by atoms with Crippen LogP contribution in [0, 0.1) is 0 Å². The number of aromatic nitrogens is 2. The van der Waals surface area contributed by atoms with Crippen LogP contribution in [-0.4, -0.2) is 29.8 Å². The van der Waals surface area contributed by atoms with Crippen molar-refractivity contribution in [2.75, 3.05) is 25.0 Å². The number of allylic oxidation sites excluding steroid dienone is 1. The molecule has 1 aromatic heterocycles. The number of fused-ring (bicyclic) bond motifs is 1. The Morgan fingerprint density at radius 3 is 2.66 bits per heavy atom. The number of nitrogens with one attached hydrogen (secondary N) is 3. The van der Waals surface area contributed by atoms with Gasteiger partial charge in [-0.15, -0.1) is 0 Å². The first-order valence-corrected chi connectivity index (χ1v) is 12.0. The third-order valence-corrected chi connectivity index (χ3v) is 6.20. The largest absolute Gasteiger partial charge is 0.385 e.